The van der Waals surface area contributed by atoms with Crippen LogP contribution < -0.4 is 0 Å². The third-order valence-corrected chi connectivity index (χ3v) is 5.33. The Morgan fingerprint density at radius 2 is 2.09 bits per heavy atom. The van der Waals surface area contributed by atoms with E-state index in [1.165, 1.54) is 0 Å². The molecule has 2 amide bonds. The van der Waals surface area contributed by atoms with E-state index in [1.807, 2.05) is 18.7 Å². The fourth-order valence-electron chi connectivity index (χ4n) is 3.92. The van der Waals surface area contributed by atoms with Crippen LogP contribution in [0.3, 0.4) is 0 Å². The van der Waals surface area contributed by atoms with Crippen LogP contribution >= 0.6 is 0 Å². The summed E-state index contributed by atoms with van der Waals surface area (Å²) in [5.74, 6) is -1.67. The van der Waals surface area contributed by atoms with E-state index >= 15 is 0 Å². The number of hydrogen-bond acceptors (Lipinski definition) is 3. The molecule has 2 aliphatic rings. The molecule has 2 fully saturated rings. The standard InChI is InChI=1S/C17H28N2O4/c1-4-6-11(2)19-10-13(9-15(19)20)16(21)18-8-5-7-14(12(18)3)17(22)23/h11-14H,4-10H2,1-3H3,(H,22,23)/t11?,12-,13?,14-/m0/s1. The molecule has 2 heterocycles. The average Bonchev–Trinajstić information content (AvgIpc) is 2.89. The van der Waals surface area contributed by atoms with Crippen LogP contribution in [0.15, 0.2) is 0 Å². The number of carboxylic acid groups (broad SMARTS) is 1. The fraction of sp³-hybridized carbons (Fsp3) is 0.824. The zero-order chi connectivity index (χ0) is 17.1. The van der Waals surface area contributed by atoms with Crippen molar-refractivity contribution >= 4 is 17.8 Å². The van der Waals surface area contributed by atoms with Crippen molar-refractivity contribution in [2.24, 2.45) is 11.8 Å². The molecule has 0 saturated carbocycles. The predicted octanol–water partition coefficient (Wildman–Crippen LogP) is 1.74. The van der Waals surface area contributed by atoms with Crippen LogP contribution in [0.2, 0.25) is 0 Å². The number of carboxylic acids is 1. The number of piperidine rings is 1. The lowest BCUT2D eigenvalue weighted by molar-refractivity contribution is -0.150. The van der Waals surface area contributed by atoms with E-state index < -0.39 is 11.9 Å². The van der Waals surface area contributed by atoms with E-state index in [4.69, 9.17) is 0 Å². The van der Waals surface area contributed by atoms with Gasteiger partial charge in [0, 0.05) is 31.6 Å². The largest absolute Gasteiger partial charge is 0.481 e. The number of likely N-dealkylation sites (tertiary alicyclic amines) is 2. The fourth-order valence-corrected chi connectivity index (χ4v) is 3.92. The summed E-state index contributed by atoms with van der Waals surface area (Å²) in [6.07, 6.45) is 3.53. The molecular weight excluding hydrogens is 296 g/mol. The highest BCUT2D eigenvalue weighted by molar-refractivity contribution is 5.90. The van der Waals surface area contributed by atoms with Gasteiger partial charge < -0.3 is 14.9 Å². The number of nitrogens with zero attached hydrogens (tertiary/aromatic N) is 2. The molecular formula is C17H28N2O4. The van der Waals surface area contributed by atoms with Crippen molar-refractivity contribution in [1.82, 2.24) is 9.80 Å². The lowest BCUT2D eigenvalue weighted by Crippen LogP contribution is -2.51. The zero-order valence-electron chi connectivity index (χ0n) is 14.3. The molecule has 6 heteroatoms. The van der Waals surface area contributed by atoms with E-state index in [0.29, 0.717) is 25.9 Å². The third kappa shape index (κ3) is 3.67. The molecule has 6 nitrogen and oxygen atoms in total. The molecule has 0 aromatic rings. The first-order chi connectivity index (χ1) is 10.9. The topological polar surface area (TPSA) is 77.9 Å². The molecule has 0 aromatic carbocycles. The van der Waals surface area contributed by atoms with E-state index in [0.717, 1.165) is 12.8 Å². The molecule has 0 spiro atoms. The summed E-state index contributed by atoms with van der Waals surface area (Å²) in [7, 11) is 0. The van der Waals surface area contributed by atoms with Crippen LogP contribution in [0.4, 0.5) is 0 Å². The van der Waals surface area contributed by atoms with Crippen molar-refractivity contribution < 1.29 is 19.5 Å². The summed E-state index contributed by atoms with van der Waals surface area (Å²) >= 11 is 0. The average molecular weight is 324 g/mol. The van der Waals surface area contributed by atoms with E-state index in [1.54, 1.807) is 4.90 Å². The Balaban J connectivity index is 2.03. The van der Waals surface area contributed by atoms with Gasteiger partial charge in [0.05, 0.1) is 11.8 Å². The molecule has 1 N–H and O–H groups in total. The minimum absolute atomic E-state index is 0.0451. The van der Waals surface area contributed by atoms with E-state index in [2.05, 4.69) is 6.92 Å². The monoisotopic (exact) mass is 324 g/mol. The van der Waals surface area contributed by atoms with Gasteiger partial charge in [-0.05, 0) is 33.1 Å². The maximum atomic E-state index is 12.8. The highest BCUT2D eigenvalue weighted by atomic mass is 16.4. The molecule has 0 radical (unpaired) electrons. The maximum Gasteiger partial charge on any atom is 0.308 e. The highest BCUT2D eigenvalue weighted by Gasteiger charge is 2.42. The van der Waals surface area contributed by atoms with Gasteiger partial charge in [-0.25, -0.2) is 0 Å². The summed E-state index contributed by atoms with van der Waals surface area (Å²) in [5.41, 5.74) is 0. The molecule has 2 rings (SSSR count). The van der Waals surface area contributed by atoms with Crippen LogP contribution in [0.5, 0.6) is 0 Å². The molecule has 2 saturated heterocycles. The molecule has 0 aliphatic carbocycles. The Labute approximate surface area is 137 Å². The Morgan fingerprint density at radius 1 is 1.39 bits per heavy atom. The first-order valence-corrected chi connectivity index (χ1v) is 8.69. The maximum absolute atomic E-state index is 12.8. The second-order valence-electron chi connectivity index (χ2n) is 6.94. The van der Waals surface area contributed by atoms with E-state index in [-0.39, 0.29) is 36.2 Å². The quantitative estimate of drug-likeness (QED) is 0.835. The van der Waals surface area contributed by atoms with Crippen LogP contribution in [-0.4, -0.2) is 57.9 Å². The lowest BCUT2D eigenvalue weighted by atomic mass is 9.89. The molecule has 2 aliphatic heterocycles. The van der Waals surface area contributed by atoms with Gasteiger partial charge >= 0.3 is 5.97 Å². The summed E-state index contributed by atoms with van der Waals surface area (Å²) in [5, 5.41) is 9.29. The first kappa shape index (κ1) is 17.8. The highest BCUT2D eigenvalue weighted by Crippen LogP contribution is 2.29. The Kier molecular flexibility index (Phi) is 5.65. The molecule has 0 bridgehead atoms. The molecule has 0 aromatic heterocycles. The first-order valence-electron chi connectivity index (χ1n) is 8.69. The van der Waals surface area contributed by atoms with Gasteiger partial charge in [0.25, 0.3) is 0 Å². The zero-order valence-corrected chi connectivity index (χ0v) is 14.3. The van der Waals surface area contributed by atoms with Crippen LogP contribution in [0.25, 0.3) is 0 Å². The van der Waals surface area contributed by atoms with Gasteiger partial charge in [-0.15, -0.1) is 0 Å². The second kappa shape index (κ2) is 7.32. The molecule has 4 atom stereocenters. The number of aliphatic carboxylic acids is 1. The lowest BCUT2D eigenvalue weighted by Gasteiger charge is -2.38. The number of carbonyl (C=O) groups excluding carboxylic acids is 2. The van der Waals surface area contributed by atoms with Gasteiger partial charge in [-0.3, -0.25) is 14.4 Å². The second-order valence-corrected chi connectivity index (χ2v) is 6.94. The molecule has 23 heavy (non-hydrogen) atoms. The Hall–Kier alpha value is -1.59. The Morgan fingerprint density at radius 3 is 2.70 bits per heavy atom. The van der Waals surface area contributed by atoms with Crippen molar-refractivity contribution in [1.29, 1.82) is 0 Å². The van der Waals surface area contributed by atoms with Crippen molar-refractivity contribution in [2.75, 3.05) is 13.1 Å². The Bertz CT molecular complexity index is 479. The number of amides is 2. The predicted molar refractivity (Wildman–Crippen MR) is 85.7 cm³/mol. The van der Waals surface area contributed by atoms with Gasteiger partial charge in [0.2, 0.25) is 11.8 Å². The summed E-state index contributed by atoms with van der Waals surface area (Å²) < 4.78 is 0. The van der Waals surface area contributed by atoms with Gasteiger partial charge in [0.15, 0.2) is 0 Å². The molecule has 130 valence electrons. The number of rotatable bonds is 5. The number of carbonyl (C=O) groups is 3. The SMILES string of the molecule is CCCC(C)N1CC(C(=O)N2CCC[C@H](C(=O)O)[C@@H]2C)CC1=O. The van der Waals surface area contributed by atoms with Gasteiger partial charge in [-0.1, -0.05) is 13.3 Å². The van der Waals surface area contributed by atoms with Crippen LogP contribution in [0.1, 0.15) is 52.9 Å². The van der Waals surface area contributed by atoms with Crippen molar-refractivity contribution in [2.45, 2.75) is 65.0 Å². The smallest absolute Gasteiger partial charge is 0.308 e. The summed E-state index contributed by atoms with van der Waals surface area (Å²) in [4.78, 5) is 39.8. The minimum atomic E-state index is -0.837. The normalized spacial score (nSPS) is 29.7. The van der Waals surface area contributed by atoms with Gasteiger partial charge in [-0.2, -0.15) is 0 Å². The van der Waals surface area contributed by atoms with Crippen molar-refractivity contribution in [3.63, 3.8) is 0 Å². The van der Waals surface area contributed by atoms with E-state index in [9.17, 15) is 19.5 Å². The molecule has 2 unspecified atom stereocenters. The van der Waals surface area contributed by atoms with Crippen molar-refractivity contribution in [3.8, 4) is 0 Å². The van der Waals surface area contributed by atoms with Gasteiger partial charge in [0.1, 0.15) is 0 Å². The minimum Gasteiger partial charge on any atom is -0.481 e. The van der Waals surface area contributed by atoms with Crippen LogP contribution in [-0.2, 0) is 14.4 Å². The van der Waals surface area contributed by atoms with Crippen LogP contribution in [0, 0.1) is 11.8 Å². The third-order valence-electron chi connectivity index (χ3n) is 5.33. The summed E-state index contributed by atoms with van der Waals surface area (Å²) in [6.45, 7) is 6.99. The van der Waals surface area contributed by atoms with Crippen molar-refractivity contribution in [3.05, 3.63) is 0 Å². The summed E-state index contributed by atoms with van der Waals surface area (Å²) in [6, 6.07) is -0.137. The number of hydrogen-bond donors (Lipinski definition) is 1.